The number of pyridine rings is 1. The van der Waals surface area contributed by atoms with Crippen LogP contribution in [-0.2, 0) is 0 Å². The Morgan fingerprint density at radius 3 is 2.40 bits per heavy atom. The van der Waals surface area contributed by atoms with Crippen molar-refractivity contribution < 1.29 is 0 Å². The summed E-state index contributed by atoms with van der Waals surface area (Å²) in [5.74, 6) is 0. The van der Waals surface area contributed by atoms with Crippen molar-refractivity contribution in [3.63, 3.8) is 0 Å². The van der Waals surface area contributed by atoms with Crippen LogP contribution in [0.15, 0.2) is 48.8 Å². The van der Waals surface area contributed by atoms with Crippen LogP contribution >= 0.6 is 11.6 Å². The summed E-state index contributed by atoms with van der Waals surface area (Å²) in [7, 11) is 0. The molecule has 0 aliphatic heterocycles. The van der Waals surface area contributed by atoms with Crippen LogP contribution in [-0.4, -0.2) is 20.0 Å². The summed E-state index contributed by atoms with van der Waals surface area (Å²) in [6.07, 6.45) is 3.32. The minimum absolute atomic E-state index is 0.270. The normalized spacial score (nSPS) is 10.2. The average molecular weight is 282 g/mol. The number of nitriles is 1. The fourth-order valence-electron chi connectivity index (χ4n) is 1.89. The first-order valence-corrected chi connectivity index (χ1v) is 6.19. The molecule has 5 nitrogen and oxygen atoms in total. The first-order valence-electron chi connectivity index (χ1n) is 5.82. The maximum absolute atomic E-state index is 9.18. The van der Waals surface area contributed by atoms with Crippen molar-refractivity contribution in [3.05, 3.63) is 59.5 Å². The highest BCUT2D eigenvalue weighted by molar-refractivity contribution is 6.30. The summed E-state index contributed by atoms with van der Waals surface area (Å²) >= 11 is 5.88. The molecule has 0 N–H and O–H groups in total. The largest absolute Gasteiger partial charge is 0.265 e. The third-order valence-corrected chi connectivity index (χ3v) is 3.05. The molecule has 0 amide bonds. The van der Waals surface area contributed by atoms with E-state index in [0.29, 0.717) is 10.7 Å². The summed E-state index contributed by atoms with van der Waals surface area (Å²) in [5.41, 5.74) is 2.52. The number of nitrogens with zero attached hydrogens (tertiary/aromatic N) is 5. The van der Waals surface area contributed by atoms with E-state index in [0.717, 1.165) is 11.3 Å². The molecule has 1 aromatic carbocycles. The van der Waals surface area contributed by atoms with Crippen molar-refractivity contribution in [2.45, 2.75) is 0 Å². The topological polar surface area (TPSA) is 67.4 Å². The van der Waals surface area contributed by atoms with Crippen LogP contribution in [0.1, 0.15) is 5.69 Å². The molecular formula is C14H8ClN5. The smallest absolute Gasteiger partial charge is 0.191 e. The fourth-order valence-corrected chi connectivity index (χ4v) is 2.01. The minimum Gasteiger partial charge on any atom is -0.265 e. The molecule has 0 bridgehead atoms. The quantitative estimate of drug-likeness (QED) is 0.724. The molecule has 0 spiro atoms. The molecule has 6 heteroatoms. The maximum Gasteiger partial charge on any atom is 0.191 e. The number of hydrogen-bond donors (Lipinski definition) is 0. The molecule has 0 saturated heterocycles. The zero-order valence-corrected chi connectivity index (χ0v) is 11.0. The van der Waals surface area contributed by atoms with Gasteiger partial charge in [-0.3, -0.25) is 4.98 Å². The van der Waals surface area contributed by atoms with Gasteiger partial charge in [0.25, 0.3) is 0 Å². The Hall–Kier alpha value is -2.71. The molecule has 96 valence electrons. The van der Waals surface area contributed by atoms with E-state index in [2.05, 4.69) is 21.4 Å². The van der Waals surface area contributed by atoms with E-state index in [4.69, 9.17) is 11.6 Å². The van der Waals surface area contributed by atoms with Gasteiger partial charge in [0.2, 0.25) is 0 Å². The van der Waals surface area contributed by atoms with Crippen molar-refractivity contribution in [2.75, 3.05) is 0 Å². The van der Waals surface area contributed by atoms with Crippen molar-refractivity contribution in [1.82, 2.24) is 20.0 Å². The molecule has 0 aliphatic carbocycles. The predicted octanol–water partition coefficient (Wildman–Crippen LogP) is 2.85. The molecule has 3 aromatic rings. The summed E-state index contributed by atoms with van der Waals surface area (Å²) in [5, 5.41) is 17.8. The lowest BCUT2D eigenvalue weighted by molar-refractivity contribution is 0.806. The maximum atomic E-state index is 9.18. The molecule has 0 fully saturated rings. The van der Waals surface area contributed by atoms with Gasteiger partial charge in [0.1, 0.15) is 11.8 Å². The second-order valence-corrected chi connectivity index (χ2v) is 4.46. The average Bonchev–Trinajstić information content (AvgIpc) is 2.93. The molecule has 0 unspecified atom stereocenters. The van der Waals surface area contributed by atoms with Gasteiger partial charge in [-0.25, -0.2) is 4.68 Å². The van der Waals surface area contributed by atoms with E-state index in [9.17, 15) is 5.26 Å². The van der Waals surface area contributed by atoms with Crippen LogP contribution in [0, 0.1) is 11.3 Å². The van der Waals surface area contributed by atoms with Crippen LogP contribution < -0.4 is 0 Å². The number of hydrogen-bond acceptors (Lipinski definition) is 4. The highest BCUT2D eigenvalue weighted by Gasteiger charge is 2.15. The Kier molecular flexibility index (Phi) is 3.15. The Bertz CT molecular complexity index is 772. The number of benzene rings is 1. The van der Waals surface area contributed by atoms with Gasteiger partial charge in [0.05, 0.1) is 5.69 Å². The van der Waals surface area contributed by atoms with Crippen molar-refractivity contribution in [1.29, 1.82) is 5.26 Å². The van der Waals surface area contributed by atoms with Gasteiger partial charge in [0.15, 0.2) is 5.69 Å². The van der Waals surface area contributed by atoms with Crippen molar-refractivity contribution >= 4 is 11.6 Å². The molecule has 0 saturated carbocycles. The molecule has 20 heavy (non-hydrogen) atoms. The molecule has 2 aromatic heterocycles. The minimum atomic E-state index is 0.270. The third kappa shape index (κ3) is 2.13. The van der Waals surface area contributed by atoms with Crippen LogP contribution in [0.2, 0.25) is 5.02 Å². The second kappa shape index (κ2) is 5.11. The Morgan fingerprint density at radius 2 is 1.75 bits per heavy atom. The Balaban J connectivity index is 2.21. The SMILES string of the molecule is N#Cc1nnn(-c2ccc(Cl)cc2)c1-c1ccncc1. The Labute approximate surface area is 120 Å². The highest BCUT2D eigenvalue weighted by Crippen LogP contribution is 2.24. The fraction of sp³-hybridized carbons (Fsp3) is 0. The molecule has 0 aliphatic rings. The van der Waals surface area contributed by atoms with Crippen LogP contribution in [0.4, 0.5) is 0 Å². The second-order valence-electron chi connectivity index (χ2n) is 4.02. The van der Waals surface area contributed by atoms with Gasteiger partial charge >= 0.3 is 0 Å². The molecule has 0 atom stereocenters. The molecule has 2 heterocycles. The predicted molar refractivity (Wildman–Crippen MR) is 74.3 cm³/mol. The molecule has 3 rings (SSSR count). The van der Waals surface area contributed by atoms with Gasteiger partial charge < -0.3 is 0 Å². The van der Waals surface area contributed by atoms with E-state index in [1.165, 1.54) is 0 Å². The summed E-state index contributed by atoms with van der Waals surface area (Å²) in [4.78, 5) is 3.97. The molecule has 0 radical (unpaired) electrons. The van der Waals surface area contributed by atoms with Gasteiger partial charge in [-0.1, -0.05) is 16.8 Å². The van der Waals surface area contributed by atoms with Crippen LogP contribution in [0.5, 0.6) is 0 Å². The monoisotopic (exact) mass is 281 g/mol. The van der Waals surface area contributed by atoms with E-state index >= 15 is 0 Å². The summed E-state index contributed by atoms with van der Waals surface area (Å²) in [6.45, 7) is 0. The first-order chi connectivity index (χ1) is 9.79. The lowest BCUT2D eigenvalue weighted by Gasteiger charge is -2.06. The van der Waals surface area contributed by atoms with Crippen molar-refractivity contribution in [2.24, 2.45) is 0 Å². The molecular weight excluding hydrogens is 274 g/mol. The van der Waals surface area contributed by atoms with Crippen molar-refractivity contribution in [3.8, 4) is 23.0 Å². The van der Waals surface area contributed by atoms with Gasteiger partial charge in [-0.2, -0.15) is 5.26 Å². The number of halogens is 1. The first kappa shape index (κ1) is 12.3. The number of rotatable bonds is 2. The van der Waals surface area contributed by atoms with E-state index in [1.807, 2.05) is 24.3 Å². The standard InChI is InChI=1S/C14H8ClN5/c15-11-1-3-12(4-2-11)20-14(13(9-16)18-19-20)10-5-7-17-8-6-10/h1-8H. The number of aromatic nitrogens is 4. The van der Waals surface area contributed by atoms with Gasteiger partial charge in [-0.15, -0.1) is 5.10 Å². The lowest BCUT2D eigenvalue weighted by atomic mass is 10.1. The van der Waals surface area contributed by atoms with Gasteiger partial charge in [0, 0.05) is 23.0 Å². The third-order valence-electron chi connectivity index (χ3n) is 2.80. The lowest BCUT2D eigenvalue weighted by Crippen LogP contribution is -1.99. The summed E-state index contributed by atoms with van der Waals surface area (Å²) in [6, 6.07) is 12.9. The summed E-state index contributed by atoms with van der Waals surface area (Å²) < 4.78 is 1.62. The zero-order chi connectivity index (χ0) is 13.9. The van der Waals surface area contributed by atoms with E-state index < -0.39 is 0 Å². The highest BCUT2D eigenvalue weighted by atomic mass is 35.5. The van der Waals surface area contributed by atoms with E-state index in [-0.39, 0.29) is 5.69 Å². The van der Waals surface area contributed by atoms with Gasteiger partial charge in [-0.05, 0) is 36.4 Å². The zero-order valence-electron chi connectivity index (χ0n) is 10.2. The van der Waals surface area contributed by atoms with Crippen LogP contribution in [0.25, 0.3) is 16.9 Å². The van der Waals surface area contributed by atoms with Crippen LogP contribution in [0.3, 0.4) is 0 Å². The van der Waals surface area contributed by atoms with E-state index in [1.54, 1.807) is 29.2 Å². The Morgan fingerprint density at radius 1 is 1.05 bits per heavy atom.